The molecule has 14 heavy (non-hydrogen) atoms. The van der Waals surface area contributed by atoms with Crippen LogP contribution in [0.2, 0.25) is 0 Å². The average Bonchev–Trinajstić information content (AvgIpc) is 2.01. The molecule has 2 N–H and O–H groups in total. The van der Waals surface area contributed by atoms with E-state index in [2.05, 4.69) is 4.98 Å². The molecule has 1 heterocycles. The van der Waals surface area contributed by atoms with Crippen LogP contribution in [0.4, 0.5) is 13.2 Å². The van der Waals surface area contributed by atoms with Gasteiger partial charge < -0.3 is 5.73 Å². The van der Waals surface area contributed by atoms with E-state index in [0.717, 1.165) is 6.07 Å². The molecule has 0 radical (unpaired) electrons. The zero-order chi connectivity index (χ0) is 10.9. The predicted octanol–water partition coefficient (Wildman–Crippen LogP) is 1.57. The number of nitrogens with zero attached hydrogens (tertiary/aromatic N) is 1. The Labute approximate surface area is 77.7 Å². The van der Waals surface area contributed by atoms with Crippen molar-refractivity contribution in [3.05, 3.63) is 28.8 Å². The van der Waals surface area contributed by atoms with Crippen molar-refractivity contribution in [2.45, 2.75) is 13.3 Å². The van der Waals surface area contributed by atoms with Crippen LogP contribution in [0.5, 0.6) is 0 Å². The van der Waals surface area contributed by atoms with Crippen LogP contribution in [0.3, 0.4) is 0 Å². The number of amides is 1. The molecule has 1 aromatic heterocycles. The second-order valence-corrected chi connectivity index (χ2v) is 2.69. The number of alkyl halides is 2. The van der Waals surface area contributed by atoms with Crippen LogP contribution in [0.1, 0.15) is 28.0 Å². The maximum atomic E-state index is 12.9. The van der Waals surface area contributed by atoms with Gasteiger partial charge in [-0.05, 0) is 18.6 Å². The SMILES string of the molecule is Cc1cc(C(N)=O)nc(F)c1C(F)F. The Hall–Kier alpha value is -1.59. The summed E-state index contributed by atoms with van der Waals surface area (Å²) in [5.74, 6) is -2.30. The lowest BCUT2D eigenvalue weighted by molar-refractivity contribution is 0.0992. The van der Waals surface area contributed by atoms with Crippen molar-refractivity contribution in [2.24, 2.45) is 5.73 Å². The summed E-state index contributed by atoms with van der Waals surface area (Å²) in [4.78, 5) is 13.6. The van der Waals surface area contributed by atoms with Crippen LogP contribution in [-0.4, -0.2) is 10.9 Å². The predicted molar refractivity (Wildman–Crippen MR) is 42.4 cm³/mol. The summed E-state index contributed by atoms with van der Waals surface area (Å²) in [5.41, 5.74) is 3.63. The number of nitrogens with two attached hydrogens (primary N) is 1. The van der Waals surface area contributed by atoms with E-state index in [0.29, 0.717) is 0 Å². The summed E-state index contributed by atoms with van der Waals surface area (Å²) in [6, 6.07) is 1.03. The third-order valence-corrected chi connectivity index (χ3v) is 1.69. The standard InChI is InChI=1S/C8H7F3N2O/c1-3-2-4(8(12)14)13-7(11)5(3)6(9)10/h2,6H,1H3,(H2,12,14). The number of aromatic nitrogens is 1. The second-order valence-electron chi connectivity index (χ2n) is 2.69. The smallest absolute Gasteiger partial charge is 0.268 e. The van der Waals surface area contributed by atoms with Crippen molar-refractivity contribution >= 4 is 5.91 Å². The molecule has 0 saturated carbocycles. The quantitative estimate of drug-likeness (QED) is 0.743. The molecule has 0 fully saturated rings. The molecular weight excluding hydrogens is 197 g/mol. The zero-order valence-corrected chi connectivity index (χ0v) is 7.22. The third kappa shape index (κ3) is 1.84. The molecule has 0 spiro atoms. The first-order chi connectivity index (χ1) is 6.43. The van der Waals surface area contributed by atoms with E-state index in [-0.39, 0.29) is 11.3 Å². The van der Waals surface area contributed by atoms with Gasteiger partial charge in [-0.15, -0.1) is 0 Å². The molecule has 1 rings (SSSR count). The van der Waals surface area contributed by atoms with Crippen LogP contribution in [-0.2, 0) is 0 Å². The van der Waals surface area contributed by atoms with Crippen LogP contribution >= 0.6 is 0 Å². The van der Waals surface area contributed by atoms with Gasteiger partial charge >= 0.3 is 0 Å². The maximum Gasteiger partial charge on any atom is 0.268 e. The Morgan fingerprint density at radius 1 is 1.57 bits per heavy atom. The molecule has 3 nitrogen and oxygen atoms in total. The number of rotatable bonds is 2. The van der Waals surface area contributed by atoms with Crippen LogP contribution in [0.15, 0.2) is 6.07 Å². The molecule has 0 aliphatic carbocycles. The van der Waals surface area contributed by atoms with Crippen molar-refractivity contribution in [3.8, 4) is 0 Å². The molecule has 0 bridgehead atoms. The Kier molecular flexibility index (Phi) is 2.73. The Bertz CT molecular complexity index is 356. The summed E-state index contributed by atoms with van der Waals surface area (Å²) in [6.45, 7) is 1.26. The van der Waals surface area contributed by atoms with Crippen molar-refractivity contribution in [1.82, 2.24) is 4.98 Å². The van der Waals surface area contributed by atoms with Crippen LogP contribution in [0, 0.1) is 12.9 Å². The first kappa shape index (κ1) is 10.5. The fraction of sp³-hybridized carbons (Fsp3) is 0.250. The highest BCUT2D eigenvalue weighted by Gasteiger charge is 2.19. The number of hydrogen-bond donors (Lipinski definition) is 1. The molecule has 0 saturated heterocycles. The lowest BCUT2D eigenvalue weighted by Gasteiger charge is -2.06. The summed E-state index contributed by atoms with van der Waals surface area (Å²) in [6.07, 6.45) is -2.95. The lowest BCUT2D eigenvalue weighted by Crippen LogP contribution is -2.15. The van der Waals surface area contributed by atoms with Gasteiger partial charge in [0.1, 0.15) is 5.69 Å². The van der Waals surface area contributed by atoms with Crippen LogP contribution < -0.4 is 5.73 Å². The molecule has 76 valence electrons. The minimum absolute atomic E-state index is 0.0405. The summed E-state index contributed by atoms with van der Waals surface area (Å²) in [5, 5.41) is 0. The van der Waals surface area contributed by atoms with Crippen molar-refractivity contribution in [2.75, 3.05) is 0 Å². The van der Waals surface area contributed by atoms with E-state index in [4.69, 9.17) is 5.73 Å². The lowest BCUT2D eigenvalue weighted by atomic mass is 10.1. The Morgan fingerprint density at radius 3 is 2.50 bits per heavy atom. The second kappa shape index (κ2) is 3.65. The number of pyridine rings is 1. The van der Waals surface area contributed by atoms with Gasteiger partial charge in [-0.25, -0.2) is 13.8 Å². The van der Waals surface area contributed by atoms with Gasteiger partial charge in [-0.1, -0.05) is 0 Å². The van der Waals surface area contributed by atoms with Gasteiger partial charge in [-0.3, -0.25) is 4.79 Å². The van der Waals surface area contributed by atoms with Gasteiger partial charge in [0.2, 0.25) is 5.95 Å². The maximum absolute atomic E-state index is 12.9. The number of aryl methyl sites for hydroxylation is 1. The average molecular weight is 204 g/mol. The van der Waals surface area contributed by atoms with Crippen molar-refractivity contribution < 1.29 is 18.0 Å². The van der Waals surface area contributed by atoms with Gasteiger partial charge in [0, 0.05) is 0 Å². The van der Waals surface area contributed by atoms with Gasteiger partial charge in [-0.2, -0.15) is 4.39 Å². The highest BCUT2D eigenvalue weighted by molar-refractivity contribution is 5.90. The number of hydrogen-bond acceptors (Lipinski definition) is 2. The zero-order valence-electron chi connectivity index (χ0n) is 7.22. The Balaban J connectivity index is 3.32. The monoisotopic (exact) mass is 204 g/mol. The molecule has 0 unspecified atom stereocenters. The molecule has 0 aliphatic heterocycles. The Morgan fingerprint density at radius 2 is 2.14 bits per heavy atom. The summed E-state index contributed by atoms with van der Waals surface area (Å²) >= 11 is 0. The first-order valence-corrected chi connectivity index (χ1v) is 3.68. The number of carbonyl (C=O) groups excluding carboxylic acids is 1. The molecule has 1 amide bonds. The van der Waals surface area contributed by atoms with Gasteiger partial charge in [0.15, 0.2) is 0 Å². The topological polar surface area (TPSA) is 56.0 Å². The summed E-state index contributed by atoms with van der Waals surface area (Å²) < 4.78 is 37.4. The number of carbonyl (C=O) groups is 1. The van der Waals surface area contributed by atoms with E-state index in [1.165, 1.54) is 6.92 Å². The number of primary amides is 1. The third-order valence-electron chi connectivity index (χ3n) is 1.69. The molecule has 0 atom stereocenters. The number of halogens is 3. The summed E-state index contributed by atoms with van der Waals surface area (Å²) in [7, 11) is 0. The highest BCUT2D eigenvalue weighted by atomic mass is 19.3. The van der Waals surface area contributed by atoms with E-state index in [1.54, 1.807) is 0 Å². The molecule has 6 heteroatoms. The fourth-order valence-electron chi connectivity index (χ4n) is 1.03. The van der Waals surface area contributed by atoms with E-state index in [1.807, 2.05) is 0 Å². The normalized spacial score (nSPS) is 10.6. The van der Waals surface area contributed by atoms with E-state index >= 15 is 0 Å². The van der Waals surface area contributed by atoms with Crippen molar-refractivity contribution in [1.29, 1.82) is 0 Å². The molecule has 1 aromatic rings. The minimum atomic E-state index is -2.95. The van der Waals surface area contributed by atoms with E-state index < -0.39 is 23.8 Å². The van der Waals surface area contributed by atoms with E-state index in [9.17, 15) is 18.0 Å². The molecule has 0 aliphatic rings. The molecular formula is C8H7F3N2O. The fourth-order valence-corrected chi connectivity index (χ4v) is 1.03. The largest absolute Gasteiger partial charge is 0.364 e. The van der Waals surface area contributed by atoms with Gasteiger partial charge in [0.05, 0.1) is 5.56 Å². The highest BCUT2D eigenvalue weighted by Crippen LogP contribution is 2.24. The van der Waals surface area contributed by atoms with Gasteiger partial charge in [0.25, 0.3) is 12.3 Å². The molecule has 0 aromatic carbocycles. The first-order valence-electron chi connectivity index (χ1n) is 3.68. The van der Waals surface area contributed by atoms with Crippen LogP contribution in [0.25, 0.3) is 0 Å². The minimum Gasteiger partial charge on any atom is -0.364 e. The van der Waals surface area contributed by atoms with Crippen molar-refractivity contribution in [3.63, 3.8) is 0 Å².